The highest BCUT2D eigenvalue weighted by molar-refractivity contribution is 7.89. The second-order valence-electron chi connectivity index (χ2n) is 6.21. The van der Waals surface area contributed by atoms with Crippen molar-refractivity contribution >= 4 is 33.4 Å². The van der Waals surface area contributed by atoms with Gasteiger partial charge < -0.3 is 10.1 Å². The Labute approximate surface area is 171 Å². The van der Waals surface area contributed by atoms with Crippen LogP contribution in [0, 0.1) is 11.6 Å². The lowest BCUT2D eigenvalue weighted by molar-refractivity contribution is -0.144. The number of carbonyl (C=O) groups excluding carboxylic acids is 3. The Hall–Kier alpha value is -3.18. The average molecular weight is 440 g/mol. The molecule has 0 fully saturated rings. The van der Waals surface area contributed by atoms with Crippen LogP contribution in [0.25, 0.3) is 0 Å². The molecular formula is C19H18F2N2O6S. The monoisotopic (exact) mass is 440 g/mol. The lowest BCUT2D eigenvalue weighted by Crippen LogP contribution is -2.40. The molecule has 0 aliphatic carbocycles. The fraction of sp³-hybridized carbons (Fsp3) is 0.211. The molecule has 0 aliphatic heterocycles. The smallest absolute Gasteiger partial charge is 0.324 e. The number of ketones is 1. The summed E-state index contributed by atoms with van der Waals surface area (Å²) >= 11 is 0. The summed E-state index contributed by atoms with van der Waals surface area (Å²) in [4.78, 5) is 34.8. The topological polar surface area (TPSA) is 119 Å². The van der Waals surface area contributed by atoms with E-state index in [9.17, 15) is 31.6 Å². The number of nitrogens with one attached hydrogen (secondary N) is 2. The van der Waals surface area contributed by atoms with Gasteiger partial charge >= 0.3 is 5.97 Å². The molecule has 0 aromatic heterocycles. The number of ether oxygens (including phenoxy) is 1. The summed E-state index contributed by atoms with van der Waals surface area (Å²) in [6.07, 6.45) is 0. The van der Waals surface area contributed by atoms with Crippen LogP contribution < -0.4 is 10.0 Å². The number of benzene rings is 2. The maximum absolute atomic E-state index is 13.2. The van der Waals surface area contributed by atoms with Crippen molar-refractivity contribution in [3.8, 4) is 0 Å². The van der Waals surface area contributed by atoms with Gasteiger partial charge in [0.25, 0.3) is 0 Å². The minimum Gasteiger partial charge on any atom is -0.456 e. The van der Waals surface area contributed by atoms with Crippen LogP contribution in [0.1, 0.15) is 24.2 Å². The number of esters is 1. The Kier molecular flexibility index (Phi) is 7.35. The highest BCUT2D eigenvalue weighted by atomic mass is 32.2. The van der Waals surface area contributed by atoms with E-state index in [1.807, 2.05) is 0 Å². The quantitative estimate of drug-likeness (QED) is 0.479. The Morgan fingerprint density at radius 1 is 1.03 bits per heavy atom. The van der Waals surface area contributed by atoms with Gasteiger partial charge in [0.2, 0.25) is 15.9 Å². The molecule has 0 bridgehead atoms. The van der Waals surface area contributed by atoms with E-state index in [4.69, 9.17) is 4.74 Å². The highest BCUT2D eigenvalue weighted by Gasteiger charge is 2.24. The van der Waals surface area contributed by atoms with E-state index >= 15 is 0 Å². The molecule has 2 rings (SSSR count). The number of rotatable bonds is 8. The number of hydrogen-bond acceptors (Lipinski definition) is 6. The van der Waals surface area contributed by atoms with Crippen molar-refractivity contribution in [2.24, 2.45) is 0 Å². The van der Waals surface area contributed by atoms with Crippen molar-refractivity contribution in [3.63, 3.8) is 0 Å². The van der Waals surface area contributed by atoms with E-state index in [0.29, 0.717) is 11.8 Å². The molecule has 30 heavy (non-hydrogen) atoms. The maximum Gasteiger partial charge on any atom is 0.324 e. The maximum atomic E-state index is 13.2. The SMILES string of the molecule is CC(=O)Nc1ccc(S(=O)(=O)N[C@@H](C)C(=O)OCC(=O)c2ccc(F)c(F)c2)cc1. The molecule has 0 unspecified atom stereocenters. The van der Waals surface area contributed by atoms with Crippen molar-refractivity contribution in [2.75, 3.05) is 11.9 Å². The molecule has 2 N–H and O–H groups in total. The van der Waals surface area contributed by atoms with Gasteiger partial charge in [-0.3, -0.25) is 14.4 Å². The number of hydrogen-bond donors (Lipinski definition) is 2. The standard InChI is InChI=1S/C19H18F2N2O6S/c1-11(19(26)29-10-18(25)13-3-8-16(20)17(21)9-13)23-30(27,28)15-6-4-14(5-7-15)22-12(2)24/h3-9,11,23H,10H2,1-2H3,(H,22,24)/t11-/m0/s1. The first-order valence-corrected chi connectivity index (χ1v) is 10.0. The van der Waals surface area contributed by atoms with Crippen LogP contribution in [-0.4, -0.2) is 38.7 Å². The van der Waals surface area contributed by atoms with Crippen LogP contribution >= 0.6 is 0 Å². The van der Waals surface area contributed by atoms with Crippen LogP contribution in [-0.2, 0) is 24.3 Å². The van der Waals surface area contributed by atoms with Crippen molar-refractivity contribution in [1.82, 2.24) is 4.72 Å². The molecule has 0 saturated heterocycles. The lowest BCUT2D eigenvalue weighted by Gasteiger charge is -2.14. The van der Waals surface area contributed by atoms with Gasteiger partial charge in [-0.15, -0.1) is 0 Å². The zero-order valence-corrected chi connectivity index (χ0v) is 16.8. The molecule has 0 heterocycles. The molecule has 0 aliphatic rings. The first-order chi connectivity index (χ1) is 14.0. The molecular weight excluding hydrogens is 422 g/mol. The Morgan fingerprint density at radius 3 is 2.23 bits per heavy atom. The second-order valence-corrected chi connectivity index (χ2v) is 7.92. The summed E-state index contributed by atoms with van der Waals surface area (Å²) in [6.45, 7) is 1.74. The number of amides is 1. The summed E-state index contributed by atoms with van der Waals surface area (Å²) in [5.41, 5.74) is 0.193. The first kappa shape index (κ1) is 23.1. The number of anilines is 1. The van der Waals surface area contributed by atoms with Gasteiger partial charge in [0, 0.05) is 18.2 Å². The number of Topliss-reactive ketones (excluding diaryl/α,β-unsaturated/α-hetero) is 1. The molecule has 8 nitrogen and oxygen atoms in total. The molecule has 11 heteroatoms. The van der Waals surface area contributed by atoms with E-state index in [2.05, 4.69) is 10.0 Å². The van der Waals surface area contributed by atoms with Crippen molar-refractivity contribution in [1.29, 1.82) is 0 Å². The number of halogens is 2. The lowest BCUT2D eigenvalue weighted by atomic mass is 10.1. The predicted octanol–water partition coefficient (Wildman–Crippen LogP) is 2.02. The van der Waals surface area contributed by atoms with Crippen molar-refractivity contribution in [2.45, 2.75) is 24.8 Å². The third-order valence-corrected chi connectivity index (χ3v) is 5.31. The summed E-state index contributed by atoms with van der Waals surface area (Å²) in [5.74, 6) is -4.50. The van der Waals surface area contributed by atoms with E-state index < -0.39 is 46.1 Å². The molecule has 1 atom stereocenters. The van der Waals surface area contributed by atoms with Gasteiger partial charge in [-0.1, -0.05) is 0 Å². The predicted molar refractivity (Wildman–Crippen MR) is 102 cm³/mol. The molecule has 0 spiro atoms. The fourth-order valence-corrected chi connectivity index (χ4v) is 3.48. The van der Waals surface area contributed by atoms with E-state index in [1.165, 1.54) is 38.1 Å². The second kappa shape index (κ2) is 9.55. The minimum atomic E-state index is -4.09. The summed E-state index contributed by atoms with van der Waals surface area (Å²) in [5, 5.41) is 2.49. The minimum absolute atomic E-state index is 0.158. The third-order valence-electron chi connectivity index (χ3n) is 3.76. The fourth-order valence-electron chi connectivity index (χ4n) is 2.28. The Morgan fingerprint density at radius 2 is 1.67 bits per heavy atom. The summed E-state index contributed by atoms with van der Waals surface area (Å²) in [6, 6.07) is 6.35. The molecule has 0 radical (unpaired) electrons. The van der Waals surface area contributed by atoms with Gasteiger partial charge in [-0.2, -0.15) is 4.72 Å². The van der Waals surface area contributed by atoms with Gasteiger partial charge in [0.1, 0.15) is 6.04 Å². The number of carbonyl (C=O) groups is 3. The summed E-state index contributed by atoms with van der Waals surface area (Å²) in [7, 11) is -4.09. The normalized spacial score (nSPS) is 12.1. The molecule has 160 valence electrons. The van der Waals surface area contributed by atoms with Crippen molar-refractivity contribution < 1.29 is 36.3 Å². The van der Waals surface area contributed by atoms with Gasteiger partial charge in [0.05, 0.1) is 4.90 Å². The number of sulfonamides is 1. The van der Waals surface area contributed by atoms with E-state index in [0.717, 1.165) is 12.1 Å². The van der Waals surface area contributed by atoms with Gasteiger partial charge in [-0.25, -0.2) is 17.2 Å². The third kappa shape index (κ3) is 6.16. The zero-order valence-electron chi connectivity index (χ0n) is 15.9. The van der Waals surface area contributed by atoms with Crippen LogP contribution in [0.5, 0.6) is 0 Å². The summed E-state index contributed by atoms with van der Waals surface area (Å²) < 4.78 is 57.6. The van der Waals surface area contributed by atoms with Crippen molar-refractivity contribution in [3.05, 3.63) is 59.7 Å². The van der Waals surface area contributed by atoms with Gasteiger partial charge in [0.15, 0.2) is 24.0 Å². The molecule has 2 aromatic rings. The molecule has 2 aromatic carbocycles. The molecule has 1 amide bonds. The largest absolute Gasteiger partial charge is 0.456 e. The van der Waals surface area contributed by atoms with E-state index in [-0.39, 0.29) is 16.4 Å². The van der Waals surface area contributed by atoms with Gasteiger partial charge in [-0.05, 0) is 49.4 Å². The van der Waals surface area contributed by atoms with Crippen LogP contribution in [0.2, 0.25) is 0 Å². The average Bonchev–Trinajstić information content (AvgIpc) is 2.67. The Balaban J connectivity index is 1.96. The van der Waals surface area contributed by atoms with Crippen LogP contribution in [0.15, 0.2) is 47.4 Å². The molecule has 0 saturated carbocycles. The zero-order chi connectivity index (χ0) is 22.5. The van der Waals surface area contributed by atoms with E-state index in [1.54, 1.807) is 0 Å². The Bertz CT molecular complexity index is 1070. The van der Waals surface area contributed by atoms with Crippen LogP contribution in [0.4, 0.5) is 14.5 Å². The van der Waals surface area contributed by atoms with Crippen LogP contribution in [0.3, 0.4) is 0 Å². The highest BCUT2D eigenvalue weighted by Crippen LogP contribution is 2.15. The first-order valence-electron chi connectivity index (χ1n) is 8.54.